The van der Waals surface area contributed by atoms with E-state index in [1.165, 1.54) is 10.9 Å². The van der Waals surface area contributed by atoms with Crippen LogP contribution in [0.3, 0.4) is 0 Å². The topological polar surface area (TPSA) is 73.8 Å². The second-order valence-electron chi connectivity index (χ2n) is 4.70. The van der Waals surface area contributed by atoms with Crippen molar-refractivity contribution in [3.8, 4) is 0 Å². The Hall–Kier alpha value is -2.47. The molecule has 7 heteroatoms. The molecule has 0 saturated heterocycles. The number of nitrogens with zero attached hydrogens (tertiary/aromatic N) is 4. The van der Waals surface area contributed by atoms with Gasteiger partial charge < -0.3 is 10.1 Å². The number of hydrogen-bond donors (Lipinski definition) is 0. The summed E-state index contributed by atoms with van der Waals surface area (Å²) in [6.07, 6.45) is 1.46. The third-order valence-corrected chi connectivity index (χ3v) is 3.40. The molecule has 0 bridgehead atoms. The lowest BCUT2D eigenvalue weighted by Gasteiger charge is -2.06. The van der Waals surface area contributed by atoms with Crippen molar-refractivity contribution in [3.05, 3.63) is 62.9 Å². The average molecular weight is 303 g/mol. The summed E-state index contributed by atoms with van der Waals surface area (Å²) >= 11 is 5.82. The van der Waals surface area contributed by atoms with Crippen molar-refractivity contribution >= 4 is 28.3 Å². The number of fused-ring (bicyclic) bond motifs is 1. The first-order valence-electron chi connectivity index (χ1n) is 6.27. The van der Waals surface area contributed by atoms with Gasteiger partial charge in [-0.15, -0.1) is 0 Å². The molecule has 0 aliphatic rings. The Morgan fingerprint density at radius 1 is 1.38 bits per heavy atom. The van der Waals surface area contributed by atoms with E-state index in [9.17, 15) is 10.1 Å². The molecule has 0 spiro atoms. The molecule has 0 atom stereocenters. The summed E-state index contributed by atoms with van der Waals surface area (Å²) in [4.78, 5) is 14.7. The maximum Gasteiger partial charge on any atom is 0.408 e. The number of aromatic nitrogens is 3. The van der Waals surface area contributed by atoms with Crippen LogP contribution in [0.5, 0.6) is 0 Å². The highest BCUT2D eigenvalue weighted by molar-refractivity contribution is 6.32. The summed E-state index contributed by atoms with van der Waals surface area (Å²) in [7, 11) is 0. The number of hydrogen-bond acceptors (Lipinski definition) is 4. The van der Waals surface area contributed by atoms with E-state index in [1.54, 1.807) is 0 Å². The summed E-state index contributed by atoms with van der Waals surface area (Å²) in [5.41, 5.74) is 2.77. The molecule has 21 heavy (non-hydrogen) atoms. The summed E-state index contributed by atoms with van der Waals surface area (Å²) < 4.78 is 1.47. The second-order valence-corrected chi connectivity index (χ2v) is 5.10. The lowest BCUT2D eigenvalue weighted by atomic mass is 10.1. The maximum absolute atomic E-state index is 10.8. The average Bonchev–Trinajstić information content (AvgIpc) is 2.79. The van der Waals surface area contributed by atoms with E-state index in [2.05, 4.69) is 10.1 Å². The zero-order valence-electron chi connectivity index (χ0n) is 11.2. The van der Waals surface area contributed by atoms with Gasteiger partial charge in [-0.25, -0.2) is 0 Å². The Morgan fingerprint density at radius 3 is 2.86 bits per heavy atom. The summed E-state index contributed by atoms with van der Waals surface area (Å²) in [6.45, 7) is 2.31. The fourth-order valence-electron chi connectivity index (χ4n) is 2.29. The van der Waals surface area contributed by atoms with E-state index in [0.717, 1.165) is 22.2 Å². The second kappa shape index (κ2) is 5.14. The first-order chi connectivity index (χ1) is 10.0. The standard InChI is InChI=1S/C14H11ClN4O2/c1-9-6-10(11-4-2-3-5-13(11)16-9)7-18-8-12(15)14(17-18)19(20)21/h2-6,8H,7H2,1H3. The summed E-state index contributed by atoms with van der Waals surface area (Å²) in [5.74, 6) is -0.327. The molecule has 3 rings (SSSR count). The zero-order valence-corrected chi connectivity index (χ0v) is 11.9. The van der Waals surface area contributed by atoms with Crippen LogP contribution in [-0.2, 0) is 6.54 Å². The highest BCUT2D eigenvalue weighted by atomic mass is 35.5. The third-order valence-electron chi connectivity index (χ3n) is 3.13. The van der Waals surface area contributed by atoms with Crippen molar-refractivity contribution in [1.82, 2.24) is 14.8 Å². The highest BCUT2D eigenvalue weighted by Gasteiger charge is 2.19. The Labute approximate surface area is 125 Å². The molecule has 0 amide bonds. The van der Waals surface area contributed by atoms with E-state index < -0.39 is 4.92 Å². The molecular formula is C14H11ClN4O2. The Balaban J connectivity index is 2.05. The Morgan fingerprint density at radius 2 is 2.14 bits per heavy atom. The van der Waals surface area contributed by atoms with Gasteiger partial charge in [0.15, 0.2) is 5.02 Å². The molecular weight excluding hydrogens is 292 g/mol. The molecule has 0 fully saturated rings. The first kappa shape index (κ1) is 13.5. The first-order valence-corrected chi connectivity index (χ1v) is 6.65. The molecule has 0 radical (unpaired) electrons. The van der Waals surface area contributed by atoms with Crippen LogP contribution < -0.4 is 0 Å². The van der Waals surface area contributed by atoms with Crippen molar-refractivity contribution in [2.45, 2.75) is 13.5 Å². The fourth-order valence-corrected chi connectivity index (χ4v) is 2.51. The van der Waals surface area contributed by atoms with Crippen LogP contribution in [0.4, 0.5) is 5.82 Å². The monoisotopic (exact) mass is 302 g/mol. The number of para-hydroxylation sites is 1. The smallest absolute Gasteiger partial charge is 0.358 e. The van der Waals surface area contributed by atoms with Crippen molar-refractivity contribution in [3.63, 3.8) is 0 Å². The van der Waals surface area contributed by atoms with Gasteiger partial charge in [-0.2, -0.15) is 4.68 Å². The Kier molecular flexibility index (Phi) is 3.31. The van der Waals surface area contributed by atoms with E-state index in [1.807, 2.05) is 37.3 Å². The normalized spacial score (nSPS) is 11.0. The third kappa shape index (κ3) is 2.57. The van der Waals surface area contributed by atoms with Gasteiger partial charge in [0.2, 0.25) is 0 Å². The van der Waals surface area contributed by atoms with E-state index in [0.29, 0.717) is 6.54 Å². The molecule has 2 heterocycles. The van der Waals surface area contributed by atoms with Gasteiger partial charge in [-0.05, 0) is 29.5 Å². The Bertz CT molecular complexity index is 844. The quantitative estimate of drug-likeness (QED) is 0.549. The van der Waals surface area contributed by atoms with Crippen LogP contribution in [-0.4, -0.2) is 19.7 Å². The predicted octanol–water partition coefficient (Wildman–Crippen LogP) is 3.35. The van der Waals surface area contributed by atoms with Gasteiger partial charge in [-0.3, -0.25) is 4.98 Å². The summed E-state index contributed by atoms with van der Waals surface area (Å²) in [6, 6.07) is 9.71. The molecule has 1 aromatic carbocycles. The van der Waals surface area contributed by atoms with Crippen LogP contribution in [0.25, 0.3) is 10.9 Å². The van der Waals surface area contributed by atoms with Gasteiger partial charge in [0.1, 0.15) is 0 Å². The van der Waals surface area contributed by atoms with E-state index in [-0.39, 0.29) is 10.8 Å². The number of aryl methyl sites for hydroxylation is 1. The van der Waals surface area contributed by atoms with Gasteiger partial charge in [0, 0.05) is 11.1 Å². The van der Waals surface area contributed by atoms with Crippen LogP contribution >= 0.6 is 11.6 Å². The largest absolute Gasteiger partial charge is 0.408 e. The van der Waals surface area contributed by atoms with Gasteiger partial charge in [0.05, 0.1) is 23.4 Å². The number of pyridine rings is 1. The molecule has 0 N–H and O–H groups in total. The van der Waals surface area contributed by atoms with E-state index >= 15 is 0 Å². The molecule has 0 unspecified atom stereocenters. The van der Waals surface area contributed by atoms with Crippen molar-refractivity contribution in [2.75, 3.05) is 0 Å². The van der Waals surface area contributed by atoms with Gasteiger partial charge in [-0.1, -0.05) is 29.8 Å². The lowest BCUT2D eigenvalue weighted by Crippen LogP contribution is -2.03. The predicted molar refractivity (Wildman–Crippen MR) is 79.5 cm³/mol. The highest BCUT2D eigenvalue weighted by Crippen LogP contribution is 2.24. The van der Waals surface area contributed by atoms with Crippen LogP contribution in [0.15, 0.2) is 36.5 Å². The minimum atomic E-state index is -0.589. The molecule has 106 valence electrons. The number of nitro groups is 1. The molecule has 3 aromatic rings. The number of rotatable bonds is 3. The van der Waals surface area contributed by atoms with Crippen LogP contribution in [0, 0.1) is 17.0 Å². The number of halogens is 1. The maximum atomic E-state index is 10.8. The van der Waals surface area contributed by atoms with Crippen molar-refractivity contribution in [2.24, 2.45) is 0 Å². The van der Waals surface area contributed by atoms with Crippen LogP contribution in [0.1, 0.15) is 11.3 Å². The van der Waals surface area contributed by atoms with Gasteiger partial charge in [0.25, 0.3) is 0 Å². The van der Waals surface area contributed by atoms with Gasteiger partial charge >= 0.3 is 5.82 Å². The molecule has 0 aliphatic carbocycles. The lowest BCUT2D eigenvalue weighted by molar-refractivity contribution is -0.389. The fraction of sp³-hybridized carbons (Fsp3) is 0.143. The number of benzene rings is 1. The van der Waals surface area contributed by atoms with Crippen LogP contribution in [0.2, 0.25) is 5.02 Å². The minimum Gasteiger partial charge on any atom is -0.358 e. The van der Waals surface area contributed by atoms with E-state index in [4.69, 9.17) is 11.6 Å². The van der Waals surface area contributed by atoms with Crippen molar-refractivity contribution in [1.29, 1.82) is 0 Å². The summed E-state index contributed by atoms with van der Waals surface area (Å²) in [5, 5.41) is 15.7. The molecule has 2 aromatic heterocycles. The molecule has 6 nitrogen and oxygen atoms in total. The minimum absolute atomic E-state index is 0.0371. The van der Waals surface area contributed by atoms with Crippen molar-refractivity contribution < 1.29 is 4.92 Å². The molecule has 0 saturated carbocycles. The SMILES string of the molecule is Cc1cc(Cn2cc(Cl)c([N+](=O)[O-])n2)c2ccccc2n1. The zero-order chi connectivity index (χ0) is 15.0. The molecule has 0 aliphatic heterocycles.